The minimum Gasteiger partial charge on any atom is -0.490 e. The quantitative estimate of drug-likeness (QED) is 0.172. The molecule has 210 valence electrons. The molecule has 8 nitrogen and oxygen atoms in total. The van der Waals surface area contributed by atoms with E-state index in [1.165, 1.54) is 0 Å². The van der Waals surface area contributed by atoms with E-state index in [-0.39, 0.29) is 23.0 Å². The fraction of sp³-hybridized carbons (Fsp3) is 0.250. The van der Waals surface area contributed by atoms with Crippen LogP contribution < -0.4 is 24.7 Å². The molecule has 0 spiro atoms. The van der Waals surface area contributed by atoms with Gasteiger partial charge in [-0.25, -0.2) is 4.79 Å². The second kappa shape index (κ2) is 11.5. The molecule has 2 heterocycles. The van der Waals surface area contributed by atoms with Crippen LogP contribution >= 0.6 is 11.6 Å². The molecule has 4 aromatic rings. The summed E-state index contributed by atoms with van der Waals surface area (Å²) in [6.45, 7) is 8.57. The van der Waals surface area contributed by atoms with Crippen LogP contribution in [-0.2, 0) is 0 Å². The molecule has 1 aliphatic rings. The first-order chi connectivity index (χ1) is 19.7. The van der Waals surface area contributed by atoms with Gasteiger partial charge in [-0.15, -0.1) is 0 Å². The molecule has 0 radical (unpaired) electrons. The molecule has 0 saturated carbocycles. The summed E-state index contributed by atoms with van der Waals surface area (Å²) in [6, 6.07) is 16.3. The Morgan fingerprint density at radius 2 is 1.88 bits per heavy atom. The molecule has 1 aliphatic heterocycles. The summed E-state index contributed by atoms with van der Waals surface area (Å²) in [5.41, 5.74) is 9.94. The number of nitrogens with zero attached hydrogens (tertiary/aromatic N) is 1. The predicted octanol–water partition coefficient (Wildman–Crippen LogP) is 7.33. The third-order valence-electron chi connectivity index (χ3n) is 6.87. The van der Waals surface area contributed by atoms with Gasteiger partial charge in [-0.2, -0.15) is 5.26 Å². The van der Waals surface area contributed by atoms with E-state index >= 15 is 0 Å². The van der Waals surface area contributed by atoms with Gasteiger partial charge in [-0.3, -0.25) is 0 Å². The maximum Gasteiger partial charge on any atom is 0.379 e. The number of halogens is 1. The summed E-state index contributed by atoms with van der Waals surface area (Å²) < 4.78 is 29.0. The molecule has 0 bridgehead atoms. The summed E-state index contributed by atoms with van der Waals surface area (Å²) in [5.74, 6) is 0.657. The molecule has 0 amide bonds. The number of carbonyl (C=O) groups excluding carboxylic acids is 1. The zero-order chi connectivity index (χ0) is 29.3. The third-order valence-corrected chi connectivity index (χ3v) is 7.27. The van der Waals surface area contributed by atoms with Crippen molar-refractivity contribution in [2.45, 2.75) is 40.0 Å². The van der Waals surface area contributed by atoms with Gasteiger partial charge in [0.2, 0.25) is 11.6 Å². The van der Waals surface area contributed by atoms with E-state index in [9.17, 15) is 10.1 Å². The van der Waals surface area contributed by atoms with Gasteiger partial charge in [0.15, 0.2) is 11.5 Å². The molecular formula is C32H29ClN2O6. The number of aryl methyl sites for hydroxylation is 2. The van der Waals surface area contributed by atoms with Crippen molar-refractivity contribution in [3.05, 3.63) is 93.0 Å². The predicted molar refractivity (Wildman–Crippen MR) is 155 cm³/mol. The molecule has 1 unspecified atom stereocenters. The summed E-state index contributed by atoms with van der Waals surface area (Å²) in [4.78, 5) is 13.1. The molecule has 9 heteroatoms. The van der Waals surface area contributed by atoms with Crippen LogP contribution in [0.4, 0.5) is 0 Å². The number of ether oxygens (including phenoxy) is 4. The van der Waals surface area contributed by atoms with Crippen LogP contribution in [0.15, 0.2) is 64.4 Å². The van der Waals surface area contributed by atoms with E-state index in [0.717, 1.165) is 22.9 Å². The van der Waals surface area contributed by atoms with Gasteiger partial charge < -0.3 is 29.1 Å². The Morgan fingerprint density at radius 3 is 2.61 bits per heavy atom. The third kappa shape index (κ3) is 5.29. The van der Waals surface area contributed by atoms with Gasteiger partial charge in [-0.1, -0.05) is 30.7 Å². The van der Waals surface area contributed by atoms with Gasteiger partial charge in [0.25, 0.3) is 0 Å². The van der Waals surface area contributed by atoms with Crippen molar-refractivity contribution in [3.63, 3.8) is 0 Å². The summed E-state index contributed by atoms with van der Waals surface area (Å²) in [6.07, 6.45) is 0.856. The van der Waals surface area contributed by atoms with Gasteiger partial charge in [0.1, 0.15) is 28.7 Å². The Hall–Kier alpha value is -4.61. The van der Waals surface area contributed by atoms with E-state index in [1.807, 2.05) is 39.0 Å². The molecule has 0 saturated heterocycles. The Morgan fingerprint density at radius 1 is 1.07 bits per heavy atom. The number of allylic oxidation sites excluding steroid dienone is 1. The van der Waals surface area contributed by atoms with E-state index < -0.39 is 11.9 Å². The topological polar surface area (TPSA) is 117 Å². The molecule has 3 aromatic carbocycles. The van der Waals surface area contributed by atoms with Crippen LogP contribution in [0.25, 0.3) is 11.0 Å². The number of nitriles is 1. The fourth-order valence-corrected chi connectivity index (χ4v) is 5.00. The van der Waals surface area contributed by atoms with Crippen molar-refractivity contribution in [1.82, 2.24) is 0 Å². The second-order valence-corrected chi connectivity index (χ2v) is 10.1. The normalized spacial score (nSPS) is 14.3. The lowest BCUT2D eigenvalue weighted by Gasteiger charge is -2.27. The first-order valence-corrected chi connectivity index (χ1v) is 13.7. The van der Waals surface area contributed by atoms with Crippen molar-refractivity contribution in [2.24, 2.45) is 5.73 Å². The highest BCUT2D eigenvalue weighted by Crippen LogP contribution is 2.45. The molecule has 5 rings (SSSR count). The van der Waals surface area contributed by atoms with Crippen molar-refractivity contribution < 1.29 is 28.2 Å². The smallest absolute Gasteiger partial charge is 0.379 e. The van der Waals surface area contributed by atoms with Gasteiger partial charge in [-0.05, 0) is 68.7 Å². The number of nitrogens with two attached hydrogens (primary N) is 1. The zero-order valence-electron chi connectivity index (χ0n) is 23.2. The van der Waals surface area contributed by atoms with Crippen molar-refractivity contribution in [2.75, 3.05) is 13.2 Å². The molecule has 0 fully saturated rings. The second-order valence-electron chi connectivity index (χ2n) is 9.66. The maximum atomic E-state index is 13.1. The Labute approximate surface area is 242 Å². The lowest BCUT2D eigenvalue weighted by molar-refractivity contribution is 0.0702. The SMILES string of the molecule is CCCOc1ccc(C2C(C#N)=C(N)Oc3cc(OC(=O)c4oc5cc(C)c(Cl)cc5c4C)ccc32)cc1OCC. The first-order valence-electron chi connectivity index (χ1n) is 13.3. The van der Waals surface area contributed by atoms with E-state index in [2.05, 4.69) is 6.07 Å². The lowest BCUT2D eigenvalue weighted by Crippen LogP contribution is -2.21. The van der Waals surface area contributed by atoms with Crippen LogP contribution in [-0.4, -0.2) is 19.2 Å². The molecule has 2 N–H and O–H groups in total. The number of benzene rings is 3. The van der Waals surface area contributed by atoms with Crippen molar-refractivity contribution in [3.8, 4) is 29.1 Å². The van der Waals surface area contributed by atoms with Crippen LogP contribution in [0, 0.1) is 25.2 Å². The van der Waals surface area contributed by atoms with E-state index in [1.54, 1.807) is 37.3 Å². The largest absolute Gasteiger partial charge is 0.490 e. The van der Waals surface area contributed by atoms with E-state index in [0.29, 0.717) is 52.2 Å². The standard InChI is InChI=1S/C32H29ClN2O6/c1-5-11-38-25-10-7-19(13-28(25)37-6-2)29-21-9-8-20(14-27(21)41-31(35)23(29)16-34)39-32(36)30-18(4)22-15-24(33)17(3)12-26(22)40-30/h7-10,12-15,29H,5-6,11,35H2,1-4H3. The molecule has 1 aromatic heterocycles. The minimum absolute atomic E-state index is 0.0295. The van der Waals surface area contributed by atoms with Crippen molar-refractivity contribution >= 4 is 28.5 Å². The highest BCUT2D eigenvalue weighted by molar-refractivity contribution is 6.32. The highest BCUT2D eigenvalue weighted by Gasteiger charge is 2.32. The highest BCUT2D eigenvalue weighted by atomic mass is 35.5. The van der Waals surface area contributed by atoms with Crippen molar-refractivity contribution in [1.29, 1.82) is 5.26 Å². The summed E-state index contributed by atoms with van der Waals surface area (Å²) in [5, 5.41) is 11.3. The number of furan rings is 1. The Bertz CT molecular complexity index is 1730. The fourth-order valence-electron chi connectivity index (χ4n) is 4.84. The lowest BCUT2D eigenvalue weighted by atomic mass is 9.83. The van der Waals surface area contributed by atoms with Crippen LogP contribution in [0.2, 0.25) is 5.02 Å². The maximum absolute atomic E-state index is 13.1. The van der Waals surface area contributed by atoms with Crippen LogP contribution in [0.1, 0.15) is 59.0 Å². The van der Waals surface area contributed by atoms with Gasteiger partial charge in [0.05, 0.1) is 19.1 Å². The summed E-state index contributed by atoms with van der Waals surface area (Å²) in [7, 11) is 0. The average Bonchev–Trinajstić information content (AvgIpc) is 3.26. The minimum atomic E-state index is -0.662. The molecule has 41 heavy (non-hydrogen) atoms. The first kappa shape index (κ1) is 27.9. The van der Waals surface area contributed by atoms with Crippen LogP contribution in [0.5, 0.6) is 23.0 Å². The molecular weight excluding hydrogens is 544 g/mol. The van der Waals surface area contributed by atoms with Crippen LogP contribution in [0.3, 0.4) is 0 Å². The van der Waals surface area contributed by atoms with E-state index in [4.69, 9.17) is 40.7 Å². The van der Waals surface area contributed by atoms with Gasteiger partial charge >= 0.3 is 5.97 Å². The Kier molecular flexibility index (Phi) is 7.82. The number of hydrogen-bond acceptors (Lipinski definition) is 8. The zero-order valence-corrected chi connectivity index (χ0v) is 23.9. The molecule has 0 aliphatic carbocycles. The molecule has 1 atom stereocenters. The Balaban J connectivity index is 1.48. The number of carbonyl (C=O) groups is 1. The monoisotopic (exact) mass is 572 g/mol. The number of esters is 1. The summed E-state index contributed by atoms with van der Waals surface area (Å²) >= 11 is 6.27. The number of hydrogen-bond donors (Lipinski definition) is 1. The number of rotatable bonds is 8. The van der Waals surface area contributed by atoms with Gasteiger partial charge in [0, 0.05) is 27.6 Å². The number of fused-ring (bicyclic) bond motifs is 2. The average molecular weight is 573 g/mol.